The van der Waals surface area contributed by atoms with Crippen LogP contribution in [0.1, 0.15) is 29.3 Å². The summed E-state index contributed by atoms with van der Waals surface area (Å²) in [6, 6.07) is 10.2. The average Bonchev–Trinajstić information content (AvgIpc) is 2.55. The molecule has 0 unspecified atom stereocenters. The molecule has 0 saturated carbocycles. The van der Waals surface area contributed by atoms with E-state index in [2.05, 4.69) is 10.4 Å². The van der Waals surface area contributed by atoms with Crippen molar-refractivity contribution in [2.75, 3.05) is 20.2 Å². The van der Waals surface area contributed by atoms with Crippen molar-refractivity contribution in [3.8, 4) is 5.88 Å². The van der Waals surface area contributed by atoms with Gasteiger partial charge in [0.1, 0.15) is 0 Å². The van der Waals surface area contributed by atoms with E-state index in [0.717, 1.165) is 18.5 Å². The molecule has 0 amide bonds. The molecule has 2 aromatic rings. The van der Waals surface area contributed by atoms with Gasteiger partial charge in [-0.1, -0.05) is 18.2 Å². The topological polar surface area (TPSA) is 73.2 Å². The molecule has 0 spiro atoms. The molecule has 0 aliphatic heterocycles. The van der Waals surface area contributed by atoms with Gasteiger partial charge in [0.05, 0.1) is 13.2 Å². The van der Waals surface area contributed by atoms with Crippen LogP contribution < -0.4 is 15.6 Å². The van der Waals surface area contributed by atoms with Gasteiger partial charge in [0.25, 0.3) is 5.56 Å². The third kappa shape index (κ3) is 5.03. The number of nitrogens with one attached hydrogen (secondary N) is 1. The van der Waals surface area contributed by atoms with Gasteiger partial charge < -0.3 is 10.1 Å². The predicted octanol–water partition coefficient (Wildman–Crippen LogP) is 1.48. The zero-order valence-corrected chi connectivity index (χ0v) is 13.4. The minimum atomic E-state index is -0.208. The number of hydrogen-bond acceptors (Lipinski definition) is 5. The van der Waals surface area contributed by atoms with E-state index in [1.807, 2.05) is 13.1 Å². The number of ketones is 1. The Morgan fingerprint density at radius 3 is 2.87 bits per heavy atom. The molecule has 0 aliphatic rings. The zero-order valence-electron chi connectivity index (χ0n) is 13.4. The number of aromatic nitrogens is 2. The first kappa shape index (κ1) is 16.9. The van der Waals surface area contributed by atoms with Crippen LogP contribution in [0, 0.1) is 0 Å². The quantitative estimate of drug-likeness (QED) is 0.590. The minimum absolute atomic E-state index is 0.00577. The summed E-state index contributed by atoms with van der Waals surface area (Å²) in [5, 5.41) is 7.25. The van der Waals surface area contributed by atoms with E-state index in [4.69, 9.17) is 4.74 Å². The Balaban J connectivity index is 2.11. The summed E-state index contributed by atoms with van der Waals surface area (Å²) in [4.78, 5) is 23.4. The number of rotatable bonds is 8. The zero-order chi connectivity index (χ0) is 16.7. The largest absolute Gasteiger partial charge is 0.477 e. The van der Waals surface area contributed by atoms with Crippen LogP contribution >= 0.6 is 0 Å². The van der Waals surface area contributed by atoms with Gasteiger partial charge in [0, 0.05) is 17.7 Å². The molecule has 1 heterocycles. The Kier molecular flexibility index (Phi) is 6.05. The van der Waals surface area contributed by atoms with E-state index in [1.54, 1.807) is 24.3 Å². The van der Waals surface area contributed by atoms with E-state index >= 15 is 0 Å². The van der Waals surface area contributed by atoms with Gasteiger partial charge in [-0.2, -0.15) is 0 Å². The molecule has 0 atom stereocenters. The molecule has 122 valence electrons. The predicted molar refractivity (Wildman–Crippen MR) is 88.1 cm³/mol. The smallest absolute Gasteiger partial charge is 0.267 e. The lowest BCUT2D eigenvalue weighted by Crippen LogP contribution is -2.23. The Hall–Kier alpha value is -2.47. The summed E-state index contributed by atoms with van der Waals surface area (Å²) < 4.78 is 6.88. The van der Waals surface area contributed by atoms with Crippen LogP contribution in [0.3, 0.4) is 0 Å². The van der Waals surface area contributed by atoms with Crippen LogP contribution in [0.4, 0.5) is 0 Å². The molecule has 2 rings (SSSR count). The van der Waals surface area contributed by atoms with Gasteiger partial charge in [0.2, 0.25) is 5.88 Å². The van der Waals surface area contributed by atoms with Crippen LogP contribution in [0.15, 0.2) is 41.2 Å². The summed E-state index contributed by atoms with van der Waals surface area (Å²) in [6.45, 7) is 3.21. The molecule has 6 heteroatoms. The highest BCUT2D eigenvalue weighted by Crippen LogP contribution is 2.08. The highest BCUT2D eigenvalue weighted by molar-refractivity contribution is 5.94. The standard InChI is InChI=1S/C17H21N3O3/c1-13(21)15-6-3-5-14(11-15)12-20-17(22)8-7-16(19-20)23-10-4-9-18-2/h3,5-8,11,18H,4,9-10,12H2,1-2H3. The van der Waals surface area contributed by atoms with Crippen LogP contribution in [0.25, 0.3) is 0 Å². The second-order valence-corrected chi connectivity index (χ2v) is 5.23. The maximum absolute atomic E-state index is 11.9. The lowest BCUT2D eigenvalue weighted by molar-refractivity contribution is 0.101. The van der Waals surface area contributed by atoms with Crippen molar-refractivity contribution in [3.05, 3.63) is 57.9 Å². The summed E-state index contributed by atoms with van der Waals surface area (Å²) in [5.74, 6) is 0.414. The molecule has 6 nitrogen and oxygen atoms in total. The molecule has 1 aromatic heterocycles. The molecule has 0 saturated heterocycles. The lowest BCUT2D eigenvalue weighted by atomic mass is 10.1. The van der Waals surface area contributed by atoms with E-state index in [9.17, 15) is 9.59 Å². The van der Waals surface area contributed by atoms with Crippen LogP contribution in [-0.2, 0) is 6.54 Å². The third-order valence-electron chi connectivity index (χ3n) is 3.33. The molecule has 23 heavy (non-hydrogen) atoms. The van der Waals surface area contributed by atoms with Gasteiger partial charge in [-0.3, -0.25) is 9.59 Å². The fourth-order valence-corrected chi connectivity index (χ4v) is 2.11. The molecule has 0 radical (unpaired) electrons. The summed E-state index contributed by atoms with van der Waals surface area (Å²) in [5.41, 5.74) is 1.26. The maximum Gasteiger partial charge on any atom is 0.267 e. The van der Waals surface area contributed by atoms with Gasteiger partial charge in [0.15, 0.2) is 5.78 Å². The van der Waals surface area contributed by atoms with Crippen molar-refractivity contribution in [2.24, 2.45) is 0 Å². The normalized spacial score (nSPS) is 10.5. The van der Waals surface area contributed by atoms with Crippen LogP contribution in [0.2, 0.25) is 0 Å². The Bertz CT molecular complexity index is 725. The molecule has 1 aromatic carbocycles. The van der Waals surface area contributed by atoms with Gasteiger partial charge in [-0.25, -0.2) is 4.68 Å². The third-order valence-corrected chi connectivity index (χ3v) is 3.33. The van der Waals surface area contributed by atoms with E-state index in [1.165, 1.54) is 17.7 Å². The second-order valence-electron chi connectivity index (χ2n) is 5.23. The minimum Gasteiger partial charge on any atom is -0.477 e. The van der Waals surface area contributed by atoms with E-state index in [-0.39, 0.29) is 11.3 Å². The first-order chi connectivity index (χ1) is 11.1. The molecule has 0 bridgehead atoms. The van der Waals surface area contributed by atoms with Crippen molar-refractivity contribution in [3.63, 3.8) is 0 Å². The number of carbonyl (C=O) groups excluding carboxylic acids is 1. The molecule has 0 fully saturated rings. The summed E-state index contributed by atoms with van der Waals surface area (Å²) in [6.07, 6.45) is 0.859. The van der Waals surface area contributed by atoms with Gasteiger partial charge in [-0.05, 0) is 38.6 Å². The first-order valence-corrected chi connectivity index (χ1v) is 7.55. The fraction of sp³-hybridized carbons (Fsp3) is 0.353. The maximum atomic E-state index is 11.9. The summed E-state index contributed by atoms with van der Waals surface area (Å²) in [7, 11) is 1.88. The molecule has 0 aliphatic carbocycles. The van der Waals surface area contributed by atoms with Crippen molar-refractivity contribution >= 4 is 5.78 Å². The number of nitrogens with zero attached hydrogens (tertiary/aromatic N) is 2. The van der Waals surface area contributed by atoms with Crippen molar-refractivity contribution < 1.29 is 9.53 Å². The van der Waals surface area contributed by atoms with Crippen molar-refractivity contribution in [2.45, 2.75) is 19.9 Å². The fourth-order valence-electron chi connectivity index (χ4n) is 2.11. The van der Waals surface area contributed by atoms with E-state index in [0.29, 0.717) is 24.6 Å². The van der Waals surface area contributed by atoms with Gasteiger partial charge in [-0.15, -0.1) is 5.10 Å². The highest BCUT2D eigenvalue weighted by Gasteiger charge is 2.05. The Labute approximate surface area is 135 Å². The number of hydrogen-bond donors (Lipinski definition) is 1. The van der Waals surface area contributed by atoms with Crippen molar-refractivity contribution in [1.29, 1.82) is 0 Å². The summed E-state index contributed by atoms with van der Waals surface area (Å²) >= 11 is 0. The van der Waals surface area contributed by atoms with Gasteiger partial charge >= 0.3 is 0 Å². The van der Waals surface area contributed by atoms with Crippen LogP contribution in [0.5, 0.6) is 5.88 Å². The van der Waals surface area contributed by atoms with Crippen LogP contribution in [-0.4, -0.2) is 35.8 Å². The van der Waals surface area contributed by atoms with Crippen molar-refractivity contribution in [1.82, 2.24) is 15.1 Å². The number of Topliss-reactive ketones (excluding diaryl/α,β-unsaturated/α-hetero) is 1. The molecular formula is C17H21N3O3. The second kappa shape index (κ2) is 8.24. The van der Waals surface area contributed by atoms with E-state index < -0.39 is 0 Å². The average molecular weight is 315 g/mol. The molecular weight excluding hydrogens is 294 g/mol. The monoisotopic (exact) mass is 315 g/mol. The number of benzene rings is 1. The SMILES string of the molecule is CNCCCOc1ccc(=O)n(Cc2cccc(C(C)=O)c2)n1. The highest BCUT2D eigenvalue weighted by atomic mass is 16.5. The Morgan fingerprint density at radius 1 is 1.30 bits per heavy atom. The number of carbonyl (C=O) groups is 1. The first-order valence-electron chi connectivity index (χ1n) is 7.55. The lowest BCUT2D eigenvalue weighted by Gasteiger charge is -2.09. The number of ether oxygens (including phenoxy) is 1. The Morgan fingerprint density at radius 2 is 2.13 bits per heavy atom. The molecule has 1 N–H and O–H groups in total.